The minimum atomic E-state index is -3.57. The highest BCUT2D eigenvalue weighted by molar-refractivity contribution is 7.92. The van der Waals surface area contributed by atoms with Gasteiger partial charge in [0.2, 0.25) is 10.0 Å². The van der Waals surface area contributed by atoms with E-state index >= 15 is 0 Å². The predicted octanol–water partition coefficient (Wildman–Crippen LogP) is 3.66. The van der Waals surface area contributed by atoms with Gasteiger partial charge in [0.25, 0.3) is 0 Å². The van der Waals surface area contributed by atoms with Gasteiger partial charge in [-0.1, -0.05) is 27.7 Å². The van der Waals surface area contributed by atoms with E-state index < -0.39 is 24.3 Å². The van der Waals surface area contributed by atoms with Gasteiger partial charge in [0.1, 0.15) is 11.6 Å². The summed E-state index contributed by atoms with van der Waals surface area (Å²) in [5.74, 6) is 0.563. The van der Waals surface area contributed by atoms with Gasteiger partial charge in [-0.25, -0.2) is 18.2 Å². The Labute approximate surface area is 187 Å². The Balaban J connectivity index is 2.34. The summed E-state index contributed by atoms with van der Waals surface area (Å²) >= 11 is 0. The number of nitrogens with zero attached hydrogens (tertiary/aromatic N) is 3. The Hall–Kier alpha value is -1.65. The van der Waals surface area contributed by atoms with Gasteiger partial charge in [-0.15, -0.1) is 0 Å². The van der Waals surface area contributed by atoms with Gasteiger partial charge in [0.05, 0.1) is 18.4 Å². The molecular weight excluding hydrogens is 434 g/mol. The van der Waals surface area contributed by atoms with Gasteiger partial charge in [-0.05, 0) is 48.5 Å². The van der Waals surface area contributed by atoms with Crippen molar-refractivity contribution in [3.8, 4) is 0 Å². The lowest BCUT2D eigenvalue weighted by Gasteiger charge is -2.37. The standard InChI is InChI=1S/C21H37N3O5SSi/c1-15-11-17(15)14-24(9-10-29-31(7,8)21(2,3)4)19-13-16(20(25)26)12-18(22-19)23(5)30(6,27)28/h12-13,15,17H,9-11,14H2,1-8H3,(H,25,26). The third-order valence-electron chi connectivity index (χ3n) is 6.55. The molecule has 0 radical (unpaired) electrons. The normalized spacial score (nSPS) is 19.2. The van der Waals surface area contributed by atoms with E-state index in [1.54, 1.807) is 0 Å². The minimum Gasteiger partial charge on any atom is -0.478 e. The van der Waals surface area contributed by atoms with Crippen molar-refractivity contribution in [3.63, 3.8) is 0 Å². The first-order valence-corrected chi connectivity index (χ1v) is 15.4. The molecule has 1 heterocycles. The number of anilines is 2. The molecule has 1 N–H and O–H groups in total. The van der Waals surface area contributed by atoms with E-state index in [2.05, 4.69) is 45.8 Å². The van der Waals surface area contributed by atoms with Crippen LogP contribution in [0.1, 0.15) is 44.5 Å². The third kappa shape index (κ3) is 6.66. The van der Waals surface area contributed by atoms with Crippen LogP contribution in [0.25, 0.3) is 0 Å². The van der Waals surface area contributed by atoms with Crippen molar-refractivity contribution >= 4 is 35.9 Å². The monoisotopic (exact) mass is 471 g/mol. The number of rotatable bonds is 10. The van der Waals surface area contributed by atoms with Crippen LogP contribution in [0.5, 0.6) is 0 Å². The highest BCUT2D eigenvalue weighted by Crippen LogP contribution is 2.39. The molecular formula is C21H37N3O5SSi. The number of aromatic carboxylic acids is 1. The highest BCUT2D eigenvalue weighted by atomic mass is 32.2. The van der Waals surface area contributed by atoms with E-state index in [-0.39, 0.29) is 16.4 Å². The summed E-state index contributed by atoms with van der Waals surface area (Å²) in [6, 6.07) is 2.80. The zero-order valence-corrected chi connectivity index (χ0v) is 21.8. The molecule has 1 aromatic heterocycles. The van der Waals surface area contributed by atoms with Crippen LogP contribution in [0, 0.1) is 11.8 Å². The molecule has 1 aliphatic carbocycles. The maximum Gasteiger partial charge on any atom is 0.335 e. The minimum absolute atomic E-state index is 0.00894. The molecule has 2 rings (SSSR count). The number of pyridine rings is 1. The summed E-state index contributed by atoms with van der Waals surface area (Å²) in [5, 5.41) is 9.67. The molecule has 8 nitrogen and oxygen atoms in total. The lowest BCUT2D eigenvalue weighted by molar-refractivity contribution is 0.0696. The molecule has 0 aliphatic heterocycles. The van der Waals surface area contributed by atoms with Crippen molar-refractivity contribution in [2.45, 2.75) is 52.2 Å². The van der Waals surface area contributed by atoms with E-state index in [4.69, 9.17) is 4.43 Å². The number of carbonyl (C=O) groups is 1. The summed E-state index contributed by atoms with van der Waals surface area (Å²) in [7, 11) is -4.12. The Kier molecular flexibility index (Phi) is 7.49. The Morgan fingerprint density at radius 2 is 1.84 bits per heavy atom. The van der Waals surface area contributed by atoms with Crippen LogP contribution in [-0.2, 0) is 14.4 Å². The summed E-state index contributed by atoms with van der Waals surface area (Å²) in [6.45, 7) is 15.0. The average molecular weight is 472 g/mol. The summed E-state index contributed by atoms with van der Waals surface area (Å²) in [4.78, 5) is 18.3. The van der Waals surface area contributed by atoms with Gasteiger partial charge in [-0.2, -0.15) is 0 Å². The van der Waals surface area contributed by atoms with Crippen LogP contribution in [0.4, 0.5) is 11.6 Å². The number of carboxylic acids is 1. The molecule has 10 heteroatoms. The first-order chi connectivity index (χ1) is 14.0. The molecule has 0 spiro atoms. The average Bonchev–Trinajstić information content (AvgIpc) is 3.32. The van der Waals surface area contributed by atoms with Crippen molar-refractivity contribution in [3.05, 3.63) is 17.7 Å². The molecule has 1 saturated carbocycles. The summed E-state index contributed by atoms with van der Waals surface area (Å²) in [5.41, 5.74) is 0.00894. The maximum absolute atomic E-state index is 12.0. The SMILES string of the molecule is CC1CC1CN(CCO[Si](C)(C)C(C)(C)C)c1cc(C(=O)O)cc(N(C)S(C)(=O)=O)n1. The smallest absolute Gasteiger partial charge is 0.335 e. The Bertz CT molecular complexity index is 914. The van der Waals surface area contributed by atoms with Crippen LogP contribution in [0.2, 0.25) is 18.1 Å². The topological polar surface area (TPSA) is 100 Å². The molecule has 31 heavy (non-hydrogen) atoms. The fourth-order valence-electron chi connectivity index (χ4n) is 2.98. The van der Waals surface area contributed by atoms with Gasteiger partial charge >= 0.3 is 5.97 Å². The highest BCUT2D eigenvalue weighted by Gasteiger charge is 2.38. The second-order valence-corrected chi connectivity index (χ2v) is 17.0. The Morgan fingerprint density at radius 1 is 1.29 bits per heavy atom. The van der Waals surface area contributed by atoms with E-state index in [0.29, 0.717) is 30.8 Å². The molecule has 0 amide bonds. The molecule has 1 fully saturated rings. The van der Waals surface area contributed by atoms with E-state index in [1.165, 1.54) is 19.2 Å². The fraction of sp³-hybridized carbons (Fsp3) is 0.714. The quantitative estimate of drug-likeness (QED) is 0.520. The van der Waals surface area contributed by atoms with Crippen molar-refractivity contribution in [2.75, 3.05) is 42.2 Å². The second-order valence-electron chi connectivity index (χ2n) is 10.1. The molecule has 176 valence electrons. The lowest BCUT2D eigenvalue weighted by Crippen LogP contribution is -2.43. The van der Waals surface area contributed by atoms with Crippen LogP contribution < -0.4 is 9.21 Å². The van der Waals surface area contributed by atoms with Crippen LogP contribution >= 0.6 is 0 Å². The fourth-order valence-corrected chi connectivity index (χ4v) is 4.45. The Morgan fingerprint density at radius 3 is 2.29 bits per heavy atom. The number of carboxylic acid groups (broad SMARTS) is 1. The van der Waals surface area contributed by atoms with E-state index in [1.807, 2.05) is 4.90 Å². The van der Waals surface area contributed by atoms with Crippen molar-refractivity contribution in [1.82, 2.24) is 4.98 Å². The van der Waals surface area contributed by atoms with E-state index in [9.17, 15) is 18.3 Å². The zero-order valence-electron chi connectivity index (χ0n) is 20.0. The van der Waals surface area contributed by atoms with Crippen molar-refractivity contribution < 1.29 is 22.7 Å². The van der Waals surface area contributed by atoms with Gasteiger partial charge < -0.3 is 14.4 Å². The molecule has 0 saturated heterocycles. The predicted molar refractivity (Wildman–Crippen MR) is 127 cm³/mol. The first kappa shape index (κ1) is 25.6. The molecule has 0 aromatic carbocycles. The molecule has 2 atom stereocenters. The largest absolute Gasteiger partial charge is 0.478 e. The lowest BCUT2D eigenvalue weighted by atomic mass is 10.2. The zero-order chi connectivity index (χ0) is 23.8. The van der Waals surface area contributed by atoms with Crippen molar-refractivity contribution in [2.24, 2.45) is 11.8 Å². The van der Waals surface area contributed by atoms with Gasteiger partial charge in [0.15, 0.2) is 8.32 Å². The number of sulfonamides is 1. The van der Waals surface area contributed by atoms with Crippen LogP contribution in [0.15, 0.2) is 12.1 Å². The molecule has 2 unspecified atom stereocenters. The van der Waals surface area contributed by atoms with E-state index in [0.717, 1.165) is 23.5 Å². The molecule has 1 aliphatic rings. The van der Waals surface area contributed by atoms with Gasteiger partial charge in [0, 0.05) is 20.1 Å². The number of hydrogen-bond acceptors (Lipinski definition) is 6. The molecule has 1 aromatic rings. The molecule has 0 bridgehead atoms. The number of hydrogen-bond donors (Lipinski definition) is 1. The van der Waals surface area contributed by atoms with Gasteiger partial charge in [-0.3, -0.25) is 4.31 Å². The van der Waals surface area contributed by atoms with Crippen LogP contribution in [-0.4, -0.2) is 65.8 Å². The third-order valence-corrected chi connectivity index (χ3v) is 12.3. The number of aromatic nitrogens is 1. The second kappa shape index (κ2) is 9.07. The maximum atomic E-state index is 12.0. The van der Waals surface area contributed by atoms with Crippen LogP contribution in [0.3, 0.4) is 0 Å². The van der Waals surface area contributed by atoms with Crippen molar-refractivity contribution in [1.29, 1.82) is 0 Å². The first-order valence-electron chi connectivity index (χ1n) is 10.6. The summed E-state index contributed by atoms with van der Waals surface area (Å²) in [6.07, 6.45) is 2.19. The summed E-state index contributed by atoms with van der Waals surface area (Å²) < 4.78 is 31.4.